The van der Waals surface area contributed by atoms with E-state index in [4.69, 9.17) is 5.73 Å². The van der Waals surface area contributed by atoms with Crippen LogP contribution in [0, 0.1) is 0 Å². The number of nitrogens with one attached hydrogen (secondary N) is 1. The van der Waals surface area contributed by atoms with Gasteiger partial charge in [0, 0.05) is 24.9 Å². The fourth-order valence-corrected chi connectivity index (χ4v) is 3.06. The molecule has 1 aliphatic rings. The van der Waals surface area contributed by atoms with E-state index < -0.39 is 6.04 Å². The van der Waals surface area contributed by atoms with Crippen LogP contribution in [0.2, 0.25) is 0 Å². The second kappa shape index (κ2) is 5.90. The Balaban J connectivity index is 1.90. The first-order valence-electron chi connectivity index (χ1n) is 5.57. The third kappa shape index (κ3) is 3.48. The molecule has 1 atom stereocenters. The summed E-state index contributed by atoms with van der Waals surface area (Å²) in [7, 11) is 0. The van der Waals surface area contributed by atoms with E-state index in [2.05, 4.69) is 26.3 Å². The largest absolute Gasteiger partial charge is 0.319 e. The first-order chi connectivity index (χ1) is 8.16. The molecule has 2 heterocycles. The van der Waals surface area contributed by atoms with E-state index in [1.54, 1.807) is 5.01 Å². The first kappa shape index (κ1) is 12.9. The van der Waals surface area contributed by atoms with Crippen molar-refractivity contribution in [3.05, 3.63) is 15.0 Å². The standard InChI is InChI=1S/C10H15BrN4OS/c11-8-6-17-9(14-8)5-7(12)10(16)15-4-2-1-3-13-15/h6-7,13H,1-5,12H2/t7-/m0/s1. The Bertz CT molecular complexity index is 391. The van der Waals surface area contributed by atoms with Crippen LogP contribution in [0.1, 0.15) is 17.8 Å². The monoisotopic (exact) mass is 318 g/mol. The molecular weight excluding hydrogens is 304 g/mol. The maximum Gasteiger partial charge on any atom is 0.253 e. The van der Waals surface area contributed by atoms with Crippen molar-refractivity contribution in [3.63, 3.8) is 0 Å². The minimum absolute atomic E-state index is 0.0453. The van der Waals surface area contributed by atoms with Gasteiger partial charge >= 0.3 is 0 Å². The summed E-state index contributed by atoms with van der Waals surface area (Å²) in [6.07, 6.45) is 2.64. The molecule has 1 aromatic rings. The fraction of sp³-hybridized carbons (Fsp3) is 0.600. The molecule has 1 amide bonds. The highest BCUT2D eigenvalue weighted by atomic mass is 79.9. The predicted octanol–water partition coefficient (Wildman–Crippen LogP) is 0.902. The SMILES string of the molecule is N[C@@H](Cc1nc(Br)cs1)C(=O)N1CCCCN1. The second-order valence-electron chi connectivity index (χ2n) is 3.98. The molecule has 0 aromatic carbocycles. The smallest absolute Gasteiger partial charge is 0.253 e. The van der Waals surface area contributed by atoms with Crippen LogP contribution in [0.4, 0.5) is 0 Å². The molecule has 0 spiro atoms. The van der Waals surface area contributed by atoms with Crippen molar-refractivity contribution in [1.29, 1.82) is 0 Å². The molecule has 5 nitrogen and oxygen atoms in total. The summed E-state index contributed by atoms with van der Waals surface area (Å²) in [6.45, 7) is 1.59. The molecule has 0 radical (unpaired) electrons. The van der Waals surface area contributed by atoms with Gasteiger partial charge in [-0.2, -0.15) is 0 Å². The molecular formula is C10H15BrN4OS. The number of aromatic nitrogens is 1. The lowest BCUT2D eigenvalue weighted by Crippen LogP contribution is -2.53. The van der Waals surface area contributed by atoms with E-state index in [1.807, 2.05) is 5.38 Å². The van der Waals surface area contributed by atoms with Gasteiger partial charge in [-0.1, -0.05) is 0 Å². The second-order valence-corrected chi connectivity index (χ2v) is 5.73. The van der Waals surface area contributed by atoms with Crippen LogP contribution in [0.5, 0.6) is 0 Å². The molecule has 3 N–H and O–H groups in total. The van der Waals surface area contributed by atoms with Crippen LogP contribution < -0.4 is 11.2 Å². The quantitative estimate of drug-likeness (QED) is 0.868. The van der Waals surface area contributed by atoms with Crippen LogP contribution >= 0.6 is 27.3 Å². The number of amides is 1. The first-order valence-corrected chi connectivity index (χ1v) is 7.24. The molecule has 0 unspecified atom stereocenters. The van der Waals surface area contributed by atoms with Gasteiger partial charge in [0.2, 0.25) is 0 Å². The third-order valence-electron chi connectivity index (χ3n) is 2.61. The van der Waals surface area contributed by atoms with E-state index in [9.17, 15) is 4.79 Å². The number of rotatable bonds is 3. The zero-order chi connectivity index (χ0) is 12.3. The number of hydrazine groups is 1. The van der Waals surface area contributed by atoms with Crippen LogP contribution in [0.15, 0.2) is 9.98 Å². The fourth-order valence-electron chi connectivity index (χ4n) is 1.73. The minimum atomic E-state index is -0.515. The Morgan fingerprint density at radius 3 is 3.12 bits per heavy atom. The molecule has 17 heavy (non-hydrogen) atoms. The normalized spacial score (nSPS) is 18.1. The molecule has 7 heteroatoms. The number of halogens is 1. The lowest BCUT2D eigenvalue weighted by atomic mass is 10.2. The van der Waals surface area contributed by atoms with E-state index >= 15 is 0 Å². The Hall–Kier alpha value is -0.500. The van der Waals surface area contributed by atoms with Gasteiger partial charge in [0.1, 0.15) is 4.60 Å². The number of nitrogens with zero attached hydrogens (tertiary/aromatic N) is 2. The summed E-state index contributed by atoms with van der Waals surface area (Å²) >= 11 is 4.80. The number of hydrogen-bond donors (Lipinski definition) is 2. The summed E-state index contributed by atoms with van der Waals surface area (Å²) in [5.74, 6) is -0.0453. The topological polar surface area (TPSA) is 71.2 Å². The molecule has 1 aliphatic heterocycles. The summed E-state index contributed by atoms with van der Waals surface area (Å²) in [6, 6.07) is -0.515. The van der Waals surface area contributed by atoms with E-state index in [0.29, 0.717) is 6.42 Å². The maximum absolute atomic E-state index is 12.0. The van der Waals surface area contributed by atoms with Gasteiger partial charge in [-0.3, -0.25) is 9.80 Å². The van der Waals surface area contributed by atoms with Crippen molar-refractivity contribution in [2.24, 2.45) is 5.73 Å². The van der Waals surface area contributed by atoms with E-state index in [-0.39, 0.29) is 5.91 Å². The van der Waals surface area contributed by atoms with E-state index in [0.717, 1.165) is 35.5 Å². The molecule has 2 rings (SSSR count). The average molecular weight is 319 g/mol. The maximum atomic E-state index is 12.0. The van der Waals surface area contributed by atoms with Crippen molar-refractivity contribution in [3.8, 4) is 0 Å². The van der Waals surface area contributed by atoms with Crippen molar-refractivity contribution in [1.82, 2.24) is 15.4 Å². The Morgan fingerprint density at radius 1 is 1.71 bits per heavy atom. The van der Waals surface area contributed by atoms with Gasteiger partial charge in [0.15, 0.2) is 0 Å². The molecule has 0 saturated carbocycles. The van der Waals surface area contributed by atoms with Gasteiger partial charge in [0.25, 0.3) is 5.91 Å². The van der Waals surface area contributed by atoms with Gasteiger partial charge in [0.05, 0.1) is 11.0 Å². The molecule has 0 bridgehead atoms. The van der Waals surface area contributed by atoms with Gasteiger partial charge < -0.3 is 5.73 Å². The molecule has 94 valence electrons. The van der Waals surface area contributed by atoms with Crippen LogP contribution in [0.3, 0.4) is 0 Å². The number of thiazole rings is 1. The summed E-state index contributed by atoms with van der Waals surface area (Å²) in [5, 5.41) is 4.41. The van der Waals surface area contributed by atoms with Crippen molar-refractivity contribution in [2.75, 3.05) is 13.1 Å². The Kier molecular flexibility index (Phi) is 4.49. The number of hydrogen-bond acceptors (Lipinski definition) is 5. The zero-order valence-corrected chi connectivity index (χ0v) is 11.8. The molecule has 0 aliphatic carbocycles. The average Bonchev–Trinajstić information content (AvgIpc) is 2.75. The molecule has 1 saturated heterocycles. The molecule has 1 aromatic heterocycles. The van der Waals surface area contributed by atoms with E-state index in [1.165, 1.54) is 11.3 Å². The van der Waals surface area contributed by atoms with Gasteiger partial charge in [-0.15, -0.1) is 11.3 Å². The Labute approximate surface area is 112 Å². The summed E-state index contributed by atoms with van der Waals surface area (Å²) < 4.78 is 0.799. The summed E-state index contributed by atoms with van der Waals surface area (Å²) in [4.78, 5) is 16.3. The van der Waals surface area contributed by atoms with Gasteiger partial charge in [-0.25, -0.2) is 10.4 Å². The van der Waals surface area contributed by atoms with Crippen molar-refractivity contribution >= 4 is 33.2 Å². The highest BCUT2D eigenvalue weighted by molar-refractivity contribution is 9.10. The van der Waals surface area contributed by atoms with Crippen LogP contribution in [-0.2, 0) is 11.2 Å². The zero-order valence-electron chi connectivity index (χ0n) is 9.36. The van der Waals surface area contributed by atoms with Crippen molar-refractivity contribution < 1.29 is 4.79 Å². The van der Waals surface area contributed by atoms with Gasteiger partial charge in [-0.05, 0) is 28.8 Å². The van der Waals surface area contributed by atoms with Crippen LogP contribution in [0.25, 0.3) is 0 Å². The van der Waals surface area contributed by atoms with Crippen LogP contribution in [-0.4, -0.2) is 35.0 Å². The summed E-state index contributed by atoms with van der Waals surface area (Å²) in [5.41, 5.74) is 8.98. The number of carbonyl (C=O) groups excluding carboxylic acids is 1. The lowest BCUT2D eigenvalue weighted by molar-refractivity contribution is -0.136. The minimum Gasteiger partial charge on any atom is -0.319 e. The number of carbonyl (C=O) groups is 1. The third-order valence-corrected chi connectivity index (χ3v) is 4.19. The Morgan fingerprint density at radius 2 is 2.53 bits per heavy atom. The lowest BCUT2D eigenvalue weighted by Gasteiger charge is -2.29. The highest BCUT2D eigenvalue weighted by Gasteiger charge is 2.23. The predicted molar refractivity (Wildman–Crippen MR) is 70.4 cm³/mol. The number of nitrogens with two attached hydrogens (primary N) is 1. The highest BCUT2D eigenvalue weighted by Crippen LogP contribution is 2.16. The molecule has 1 fully saturated rings. The van der Waals surface area contributed by atoms with Crippen molar-refractivity contribution in [2.45, 2.75) is 25.3 Å².